The van der Waals surface area contributed by atoms with E-state index in [1.165, 1.54) is 120 Å². The number of para-hydroxylation sites is 2. The fourth-order valence-corrected chi connectivity index (χ4v) is 14.0. The van der Waals surface area contributed by atoms with Gasteiger partial charge in [0.15, 0.2) is 5.58 Å². The van der Waals surface area contributed by atoms with Gasteiger partial charge in [0.2, 0.25) is 0 Å². The standard InChI is InChI=1S/C67H66BN3O/c1-41-34-43(3)61-57(35-41)71(67(11)33-18-17-32-66(61,67)10)47-28-30-52-56(40-47)70(54-24-19-23-49-48-22-15-16-25-60(48)72-63(49)54)59-37-42(2)36-58-62(59)68(52)51-29-26-46(65(7,8)9)39-55(51)69(58)53-31-27-45(64(4,5)6)38-50(53)44-20-13-12-14-21-44/h12-16,19-31,34-40H,17-18,32-33H2,1-11H3. The maximum Gasteiger partial charge on any atom is 0.252 e. The van der Waals surface area contributed by atoms with Crippen molar-refractivity contribution in [3.63, 3.8) is 0 Å². The Morgan fingerprint density at radius 2 is 1.12 bits per heavy atom. The summed E-state index contributed by atoms with van der Waals surface area (Å²) in [6.07, 6.45) is 4.82. The molecule has 0 bridgehead atoms. The van der Waals surface area contributed by atoms with E-state index in [-0.39, 0.29) is 28.5 Å². The van der Waals surface area contributed by atoms with Gasteiger partial charge >= 0.3 is 0 Å². The summed E-state index contributed by atoms with van der Waals surface area (Å²) in [6, 6.07) is 58.2. The minimum atomic E-state index is -0.0966. The van der Waals surface area contributed by atoms with Crippen molar-refractivity contribution in [2.24, 2.45) is 0 Å². The van der Waals surface area contributed by atoms with Crippen LogP contribution in [0.5, 0.6) is 0 Å². The van der Waals surface area contributed by atoms with Crippen molar-refractivity contribution in [2.75, 3.05) is 14.7 Å². The van der Waals surface area contributed by atoms with Crippen LogP contribution in [-0.4, -0.2) is 12.3 Å². The van der Waals surface area contributed by atoms with Gasteiger partial charge in [-0.1, -0.05) is 152 Å². The lowest BCUT2D eigenvalue weighted by atomic mass is 9.33. The zero-order valence-electron chi connectivity index (χ0n) is 44.1. The molecule has 72 heavy (non-hydrogen) atoms. The predicted octanol–water partition coefficient (Wildman–Crippen LogP) is 16.6. The molecule has 1 aromatic heterocycles. The van der Waals surface area contributed by atoms with Crippen LogP contribution < -0.4 is 31.1 Å². The Morgan fingerprint density at radius 3 is 1.88 bits per heavy atom. The fourth-order valence-electron chi connectivity index (χ4n) is 14.0. The molecule has 1 aliphatic carbocycles. The van der Waals surface area contributed by atoms with Crippen LogP contribution >= 0.6 is 0 Å². The molecule has 0 radical (unpaired) electrons. The summed E-state index contributed by atoms with van der Waals surface area (Å²) in [5.41, 5.74) is 25.8. The van der Waals surface area contributed by atoms with Gasteiger partial charge in [0.05, 0.1) is 16.9 Å². The van der Waals surface area contributed by atoms with Crippen LogP contribution in [0.4, 0.5) is 45.5 Å². The fraction of sp³-hybridized carbons (Fsp3) is 0.284. The minimum Gasteiger partial charge on any atom is -0.454 e. The van der Waals surface area contributed by atoms with Crippen molar-refractivity contribution < 1.29 is 4.42 Å². The van der Waals surface area contributed by atoms with Crippen LogP contribution in [0, 0.1) is 20.8 Å². The van der Waals surface area contributed by atoms with E-state index >= 15 is 0 Å². The largest absolute Gasteiger partial charge is 0.454 e. The Kier molecular flexibility index (Phi) is 9.68. The average molecular weight is 940 g/mol. The maximum absolute atomic E-state index is 7.03. The monoisotopic (exact) mass is 940 g/mol. The molecule has 1 fully saturated rings. The Hall–Kier alpha value is -6.98. The van der Waals surface area contributed by atoms with Crippen LogP contribution in [0.25, 0.3) is 33.1 Å². The number of hydrogen-bond donors (Lipinski definition) is 0. The second-order valence-electron chi connectivity index (χ2n) is 24.3. The normalized spacial score (nSPS) is 19.1. The highest BCUT2D eigenvalue weighted by atomic mass is 16.3. The zero-order chi connectivity index (χ0) is 49.8. The molecule has 0 amide bonds. The first-order valence-electron chi connectivity index (χ1n) is 26.5. The molecule has 2 unspecified atom stereocenters. The second-order valence-corrected chi connectivity index (χ2v) is 24.3. The van der Waals surface area contributed by atoms with Crippen molar-refractivity contribution in [1.29, 1.82) is 0 Å². The molecule has 13 rings (SSSR count). The molecule has 8 aromatic carbocycles. The van der Waals surface area contributed by atoms with Gasteiger partial charge in [-0.05, 0) is 167 Å². The van der Waals surface area contributed by atoms with E-state index in [1.54, 1.807) is 0 Å². The van der Waals surface area contributed by atoms with E-state index in [1.807, 2.05) is 0 Å². The molecule has 2 atom stereocenters. The molecule has 9 aromatic rings. The summed E-state index contributed by atoms with van der Waals surface area (Å²) in [5, 5.41) is 2.26. The molecular formula is C67H66BN3O. The molecule has 0 N–H and O–H groups in total. The van der Waals surface area contributed by atoms with Gasteiger partial charge < -0.3 is 19.1 Å². The number of aryl methyl sites for hydroxylation is 3. The first-order valence-corrected chi connectivity index (χ1v) is 26.5. The molecule has 1 saturated carbocycles. The van der Waals surface area contributed by atoms with Gasteiger partial charge in [0, 0.05) is 55.9 Å². The average Bonchev–Trinajstić information content (AvgIpc) is 3.83. The van der Waals surface area contributed by atoms with E-state index < -0.39 is 0 Å². The third-order valence-electron chi connectivity index (χ3n) is 17.7. The van der Waals surface area contributed by atoms with Crippen LogP contribution in [-0.2, 0) is 16.2 Å². The Labute approximate surface area is 427 Å². The Balaban J connectivity index is 1.13. The Bertz CT molecular complexity index is 3720. The highest BCUT2D eigenvalue weighted by molar-refractivity contribution is 7.00. The number of rotatable bonds is 4. The molecule has 358 valence electrons. The number of hydrogen-bond acceptors (Lipinski definition) is 4. The minimum absolute atomic E-state index is 0.0205. The maximum atomic E-state index is 7.03. The lowest BCUT2D eigenvalue weighted by Gasteiger charge is -2.51. The summed E-state index contributed by atoms with van der Waals surface area (Å²) in [5.74, 6) is 0. The predicted molar refractivity (Wildman–Crippen MR) is 308 cm³/mol. The van der Waals surface area contributed by atoms with Gasteiger partial charge in [-0.25, -0.2) is 0 Å². The zero-order valence-corrected chi connectivity index (χ0v) is 44.1. The van der Waals surface area contributed by atoms with Crippen molar-refractivity contribution >= 4 is 90.5 Å². The van der Waals surface area contributed by atoms with Crippen LogP contribution in [0.15, 0.2) is 156 Å². The smallest absolute Gasteiger partial charge is 0.252 e. The number of furan rings is 1. The van der Waals surface area contributed by atoms with E-state index in [4.69, 9.17) is 4.42 Å². The lowest BCUT2D eigenvalue weighted by molar-refractivity contribution is 0.194. The van der Waals surface area contributed by atoms with Crippen molar-refractivity contribution in [1.82, 2.24) is 0 Å². The third-order valence-corrected chi connectivity index (χ3v) is 17.7. The number of nitrogens with zero attached hydrogens (tertiary/aromatic N) is 3. The van der Waals surface area contributed by atoms with Crippen molar-refractivity contribution in [3.05, 3.63) is 185 Å². The molecule has 4 aliphatic rings. The molecule has 0 spiro atoms. The summed E-state index contributed by atoms with van der Waals surface area (Å²) in [7, 11) is 0. The second kappa shape index (κ2) is 15.5. The highest BCUT2D eigenvalue weighted by Crippen LogP contribution is 2.62. The molecule has 4 nitrogen and oxygen atoms in total. The first-order chi connectivity index (χ1) is 34.4. The van der Waals surface area contributed by atoms with E-state index in [9.17, 15) is 0 Å². The van der Waals surface area contributed by atoms with E-state index in [0.717, 1.165) is 34.0 Å². The molecule has 3 aliphatic heterocycles. The van der Waals surface area contributed by atoms with Gasteiger partial charge in [-0.2, -0.15) is 0 Å². The topological polar surface area (TPSA) is 22.9 Å². The van der Waals surface area contributed by atoms with Crippen LogP contribution in [0.2, 0.25) is 0 Å². The molecule has 4 heterocycles. The van der Waals surface area contributed by atoms with Crippen molar-refractivity contribution in [3.8, 4) is 11.1 Å². The summed E-state index contributed by atoms with van der Waals surface area (Å²) in [6.45, 7) is 26.0. The lowest BCUT2D eigenvalue weighted by Crippen LogP contribution is -2.61. The van der Waals surface area contributed by atoms with Gasteiger partial charge in [-0.15, -0.1) is 0 Å². The van der Waals surface area contributed by atoms with Gasteiger partial charge in [0.25, 0.3) is 6.71 Å². The van der Waals surface area contributed by atoms with Crippen LogP contribution in [0.3, 0.4) is 0 Å². The Morgan fingerprint density at radius 1 is 0.514 bits per heavy atom. The van der Waals surface area contributed by atoms with E-state index in [2.05, 4.69) is 243 Å². The molecule has 5 heteroatoms. The summed E-state index contributed by atoms with van der Waals surface area (Å²) >= 11 is 0. The van der Waals surface area contributed by atoms with Gasteiger partial charge in [0.1, 0.15) is 5.58 Å². The molecule has 0 saturated heterocycles. The van der Waals surface area contributed by atoms with E-state index in [0.29, 0.717) is 0 Å². The number of fused-ring (bicyclic) bond motifs is 10. The highest BCUT2D eigenvalue weighted by Gasteiger charge is 2.58. The third kappa shape index (κ3) is 6.37. The number of anilines is 8. The SMILES string of the molecule is Cc1cc2c3c(c1)N(c1cccc4c1oc1ccccc14)c1cc(N4c5cc(C)cc(C)c5C5(C)CCCCC45C)ccc1B3c1ccc(C(C)(C)C)cc1N2c1ccc(C(C)(C)C)cc1-c1ccccc1. The summed E-state index contributed by atoms with van der Waals surface area (Å²) < 4.78 is 7.03. The summed E-state index contributed by atoms with van der Waals surface area (Å²) in [4.78, 5) is 7.98. The van der Waals surface area contributed by atoms with Crippen LogP contribution in [0.1, 0.15) is 114 Å². The quantitative estimate of drug-likeness (QED) is 0.164. The molecular weight excluding hydrogens is 874 g/mol. The van der Waals surface area contributed by atoms with Gasteiger partial charge in [-0.3, -0.25) is 0 Å². The van der Waals surface area contributed by atoms with Crippen molar-refractivity contribution in [2.45, 2.75) is 124 Å². The number of benzene rings is 8. The first kappa shape index (κ1) is 44.9.